The van der Waals surface area contributed by atoms with Crippen LogP contribution in [0.1, 0.15) is 65.7 Å². The van der Waals surface area contributed by atoms with Crippen molar-refractivity contribution < 1.29 is 19.4 Å². The van der Waals surface area contributed by atoms with Crippen molar-refractivity contribution in [2.45, 2.75) is 71.3 Å². The molecular formula is C17H29NO4. The van der Waals surface area contributed by atoms with Crippen molar-refractivity contribution in [3.8, 4) is 0 Å². The first-order valence-corrected chi connectivity index (χ1v) is 8.46. The molecule has 1 heterocycles. The molecule has 5 nitrogen and oxygen atoms in total. The summed E-state index contributed by atoms with van der Waals surface area (Å²) in [5, 5.41) is 9.82. The van der Waals surface area contributed by atoms with Crippen LogP contribution in [0.4, 0.5) is 4.79 Å². The Morgan fingerprint density at radius 3 is 2.09 bits per heavy atom. The van der Waals surface area contributed by atoms with Gasteiger partial charge in [-0.2, -0.15) is 0 Å². The maximum absolute atomic E-state index is 12.1. The number of hydrogen-bond acceptors (Lipinski definition) is 3. The second-order valence-corrected chi connectivity index (χ2v) is 7.76. The zero-order valence-electron chi connectivity index (χ0n) is 14.1. The fourth-order valence-electron chi connectivity index (χ4n) is 3.87. The van der Waals surface area contributed by atoms with Crippen LogP contribution in [0.15, 0.2) is 0 Å². The Bertz CT molecular complexity index is 413. The van der Waals surface area contributed by atoms with E-state index in [1.54, 1.807) is 4.90 Å². The third-order valence-electron chi connectivity index (χ3n) is 5.12. The molecule has 0 radical (unpaired) electrons. The van der Waals surface area contributed by atoms with Gasteiger partial charge in [-0.05, 0) is 52.4 Å². The van der Waals surface area contributed by atoms with E-state index >= 15 is 0 Å². The zero-order valence-corrected chi connectivity index (χ0v) is 14.1. The molecule has 2 rings (SSSR count). The molecule has 0 aromatic rings. The second-order valence-electron chi connectivity index (χ2n) is 7.76. The number of carboxylic acid groups (broad SMARTS) is 1. The van der Waals surface area contributed by atoms with E-state index in [4.69, 9.17) is 4.74 Å². The number of ether oxygens (including phenoxy) is 1. The molecule has 1 aliphatic carbocycles. The van der Waals surface area contributed by atoms with Gasteiger partial charge in [-0.25, -0.2) is 4.79 Å². The summed E-state index contributed by atoms with van der Waals surface area (Å²) in [7, 11) is 0. The predicted octanol–water partition coefficient (Wildman–Crippen LogP) is 3.67. The lowest BCUT2D eigenvalue weighted by Crippen LogP contribution is -2.51. The van der Waals surface area contributed by atoms with E-state index in [0.717, 1.165) is 25.7 Å². The summed E-state index contributed by atoms with van der Waals surface area (Å²) < 4.78 is 5.39. The van der Waals surface area contributed by atoms with E-state index in [9.17, 15) is 14.7 Å². The van der Waals surface area contributed by atoms with E-state index in [2.05, 4.69) is 0 Å². The number of amides is 1. The molecule has 1 saturated carbocycles. The highest BCUT2D eigenvalue weighted by Crippen LogP contribution is 2.46. The summed E-state index contributed by atoms with van der Waals surface area (Å²) in [5.74, 6) is -0.414. The van der Waals surface area contributed by atoms with Gasteiger partial charge < -0.3 is 14.7 Å². The van der Waals surface area contributed by atoms with Gasteiger partial charge in [0, 0.05) is 13.1 Å². The predicted molar refractivity (Wildman–Crippen MR) is 83.7 cm³/mol. The average molecular weight is 311 g/mol. The van der Waals surface area contributed by atoms with Gasteiger partial charge in [0.2, 0.25) is 0 Å². The smallest absolute Gasteiger partial charge is 0.410 e. The summed E-state index contributed by atoms with van der Waals surface area (Å²) in [5.41, 5.74) is -1.15. The largest absolute Gasteiger partial charge is 0.481 e. The Kier molecular flexibility index (Phi) is 5.03. The molecule has 2 aliphatic rings. The van der Waals surface area contributed by atoms with Gasteiger partial charge in [0.25, 0.3) is 0 Å². The van der Waals surface area contributed by atoms with Gasteiger partial charge in [-0.1, -0.05) is 19.3 Å². The normalized spacial score (nSPS) is 23.1. The van der Waals surface area contributed by atoms with Crippen LogP contribution >= 0.6 is 0 Å². The first kappa shape index (κ1) is 17.1. The summed E-state index contributed by atoms with van der Waals surface area (Å²) >= 11 is 0. The Morgan fingerprint density at radius 2 is 1.64 bits per heavy atom. The van der Waals surface area contributed by atoms with Crippen LogP contribution in [-0.4, -0.2) is 40.8 Å². The van der Waals surface area contributed by atoms with E-state index in [1.807, 2.05) is 20.8 Å². The number of carbonyl (C=O) groups is 2. The Morgan fingerprint density at radius 1 is 1.09 bits per heavy atom. The SMILES string of the molecule is CC(C)(C)OC(=O)N1CCC(C(=O)O)(C2CCCCC2)CC1. The van der Waals surface area contributed by atoms with Crippen molar-refractivity contribution in [1.82, 2.24) is 4.90 Å². The van der Waals surface area contributed by atoms with Crippen LogP contribution < -0.4 is 0 Å². The molecule has 1 N–H and O–H groups in total. The second kappa shape index (κ2) is 6.47. The van der Waals surface area contributed by atoms with Crippen LogP contribution in [-0.2, 0) is 9.53 Å². The van der Waals surface area contributed by atoms with E-state index in [-0.39, 0.29) is 12.0 Å². The molecule has 2 fully saturated rings. The Hall–Kier alpha value is -1.26. The topological polar surface area (TPSA) is 66.8 Å². The van der Waals surface area contributed by atoms with Crippen LogP contribution in [0.2, 0.25) is 0 Å². The fourth-order valence-corrected chi connectivity index (χ4v) is 3.87. The van der Waals surface area contributed by atoms with Gasteiger partial charge in [0.05, 0.1) is 5.41 Å². The van der Waals surface area contributed by atoms with Gasteiger partial charge in [0.15, 0.2) is 0 Å². The molecule has 1 aliphatic heterocycles. The standard InChI is InChI=1S/C17H29NO4/c1-16(2,3)22-15(21)18-11-9-17(10-12-18,14(19)20)13-7-5-4-6-8-13/h13H,4-12H2,1-3H3,(H,19,20). The molecule has 1 amide bonds. The number of nitrogens with zero attached hydrogens (tertiary/aromatic N) is 1. The molecule has 0 aromatic carbocycles. The van der Waals surface area contributed by atoms with Crippen molar-refractivity contribution in [3.63, 3.8) is 0 Å². The monoisotopic (exact) mass is 311 g/mol. The quantitative estimate of drug-likeness (QED) is 0.845. The molecule has 0 unspecified atom stereocenters. The van der Waals surface area contributed by atoms with Crippen LogP contribution in [0.5, 0.6) is 0 Å². The molecule has 0 bridgehead atoms. The first-order chi connectivity index (χ1) is 10.2. The Labute approximate surface area is 133 Å². The highest BCUT2D eigenvalue weighted by molar-refractivity contribution is 5.76. The summed E-state index contributed by atoms with van der Waals surface area (Å²) in [6, 6.07) is 0. The number of piperidine rings is 1. The molecule has 5 heteroatoms. The maximum atomic E-state index is 12.1. The average Bonchev–Trinajstić information content (AvgIpc) is 2.46. The lowest BCUT2D eigenvalue weighted by Gasteiger charge is -2.45. The summed E-state index contributed by atoms with van der Waals surface area (Å²) in [4.78, 5) is 25.7. The number of carboxylic acids is 1. The zero-order chi connectivity index (χ0) is 16.4. The number of rotatable bonds is 2. The molecular weight excluding hydrogens is 282 g/mol. The minimum absolute atomic E-state index is 0.263. The fraction of sp³-hybridized carbons (Fsp3) is 0.882. The van der Waals surface area contributed by atoms with Crippen molar-refractivity contribution in [1.29, 1.82) is 0 Å². The van der Waals surface area contributed by atoms with Gasteiger partial charge in [-0.15, -0.1) is 0 Å². The van der Waals surface area contributed by atoms with E-state index in [0.29, 0.717) is 25.9 Å². The molecule has 22 heavy (non-hydrogen) atoms. The Balaban J connectivity index is 2.01. The highest BCUT2D eigenvalue weighted by atomic mass is 16.6. The minimum atomic E-state index is -0.678. The van der Waals surface area contributed by atoms with E-state index < -0.39 is 17.0 Å². The third-order valence-corrected chi connectivity index (χ3v) is 5.12. The lowest BCUT2D eigenvalue weighted by molar-refractivity contribution is -0.157. The number of carbonyl (C=O) groups excluding carboxylic acids is 1. The third kappa shape index (κ3) is 3.73. The number of likely N-dealkylation sites (tertiary alicyclic amines) is 1. The van der Waals surface area contributed by atoms with Gasteiger partial charge in [0.1, 0.15) is 5.60 Å². The summed E-state index contributed by atoms with van der Waals surface area (Å²) in [6.07, 6.45) is 6.28. The number of hydrogen-bond donors (Lipinski definition) is 1. The molecule has 0 atom stereocenters. The van der Waals surface area contributed by atoms with Crippen molar-refractivity contribution in [3.05, 3.63) is 0 Å². The van der Waals surface area contributed by atoms with Crippen LogP contribution in [0.3, 0.4) is 0 Å². The van der Waals surface area contributed by atoms with Crippen molar-refractivity contribution in [2.24, 2.45) is 11.3 Å². The van der Waals surface area contributed by atoms with E-state index in [1.165, 1.54) is 6.42 Å². The lowest BCUT2D eigenvalue weighted by atomic mass is 9.64. The van der Waals surface area contributed by atoms with Gasteiger partial charge >= 0.3 is 12.1 Å². The highest BCUT2D eigenvalue weighted by Gasteiger charge is 2.48. The molecule has 0 spiro atoms. The minimum Gasteiger partial charge on any atom is -0.481 e. The van der Waals surface area contributed by atoms with Crippen molar-refractivity contribution in [2.75, 3.05) is 13.1 Å². The van der Waals surface area contributed by atoms with Crippen molar-refractivity contribution >= 4 is 12.1 Å². The maximum Gasteiger partial charge on any atom is 0.410 e. The number of aliphatic carboxylic acids is 1. The molecule has 0 aromatic heterocycles. The van der Waals surface area contributed by atoms with Gasteiger partial charge in [-0.3, -0.25) is 4.79 Å². The van der Waals surface area contributed by atoms with Crippen LogP contribution in [0, 0.1) is 11.3 Å². The molecule has 126 valence electrons. The molecule has 1 saturated heterocycles. The first-order valence-electron chi connectivity index (χ1n) is 8.46. The summed E-state index contributed by atoms with van der Waals surface area (Å²) in [6.45, 7) is 6.50. The van der Waals surface area contributed by atoms with Crippen LogP contribution in [0.25, 0.3) is 0 Å².